The van der Waals surface area contributed by atoms with Crippen LogP contribution in [0.4, 0.5) is 0 Å². The molecule has 0 spiro atoms. The monoisotopic (exact) mass is 342 g/mol. The van der Waals surface area contributed by atoms with Crippen molar-refractivity contribution in [2.75, 3.05) is 0 Å². The van der Waals surface area contributed by atoms with Gasteiger partial charge in [-0.1, -0.05) is 5.16 Å². The predicted molar refractivity (Wildman–Crippen MR) is 85.1 cm³/mol. The third kappa shape index (κ3) is 3.93. The predicted octanol–water partition coefficient (Wildman–Crippen LogP) is 1.96. The SMILES string of the molecule is O=C(CCCc1nc(C2CC2)no1)NCc1nc(-c2ccco2)n[nH]1. The van der Waals surface area contributed by atoms with Gasteiger partial charge in [0.2, 0.25) is 17.6 Å². The van der Waals surface area contributed by atoms with Crippen molar-refractivity contribution in [3.05, 3.63) is 35.9 Å². The number of nitrogens with one attached hydrogen (secondary N) is 2. The minimum atomic E-state index is -0.0575. The molecule has 9 nitrogen and oxygen atoms in total. The zero-order valence-corrected chi connectivity index (χ0v) is 13.6. The lowest BCUT2D eigenvalue weighted by molar-refractivity contribution is -0.121. The van der Waals surface area contributed by atoms with Crippen LogP contribution >= 0.6 is 0 Å². The molecule has 4 rings (SSSR count). The molecule has 9 heteroatoms. The van der Waals surface area contributed by atoms with Gasteiger partial charge in [-0.3, -0.25) is 9.89 Å². The zero-order valence-electron chi connectivity index (χ0n) is 13.6. The van der Waals surface area contributed by atoms with E-state index < -0.39 is 0 Å². The molecule has 0 saturated heterocycles. The minimum absolute atomic E-state index is 0.0575. The first-order valence-electron chi connectivity index (χ1n) is 8.32. The van der Waals surface area contributed by atoms with Crippen molar-refractivity contribution < 1.29 is 13.7 Å². The van der Waals surface area contributed by atoms with E-state index in [4.69, 9.17) is 8.94 Å². The van der Waals surface area contributed by atoms with Crippen molar-refractivity contribution in [1.82, 2.24) is 30.6 Å². The summed E-state index contributed by atoms with van der Waals surface area (Å²) in [6.45, 7) is 0.291. The summed E-state index contributed by atoms with van der Waals surface area (Å²) in [6, 6.07) is 3.54. The lowest BCUT2D eigenvalue weighted by atomic mass is 10.2. The molecule has 0 unspecified atom stereocenters. The summed E-state index contributed by atoms with van der Waals surface area (Å²) in [5.74, 6) is 3.46. The van der Waals surface area contributed by atoms with Gasteiger partial charge in [0.1, 0.15) is 5.82 Å². The van der Waals surface area contributed by atoms with Crippen LogP contribution in [0.25, 0.3) is 11.6 Å². The van der Waals surface area contributed by atoms with Crippen LogP contribution in [0, 0.1) is 0 Å². The Kier molecular flexibility index (Phi) is 4.28. The summed E-state index contributed by atoms with van der Waals surface area (Å²) < 4.78 is 10.4. The first kappa shape index (κ1) is 15.6. The Balaban J connectivity index is 1.18. The van der Waals surface area contributed by atoms with E-state index in [-0.39, 0.29) is 5.91 Å². The van der Waals surface area contributed by atoms with Crippen molar-refractivity contribution in [2.45, 2.75) is 44.6 Å². The molecule has 0 radical (unpaired) electrons. The number of carbonyl (C=O) groups excluding carboxylic acids is 1. The molecule has 0 atom stereocenters. The molecule has 3 aromatic heterocycles. The Hall–Kier alpha value is -2.97. The van der Waals surface area contributed by atoms with Gasteiger partial charge in [0.25, 0.3) is 0 Å². The van der Waals surface area contributed by atoms with Crippen molar-refractivity contribution >= 4 is 5.91 Å². The first-order valence-corrected chi connectivity index (χ1v) is 8.32. The van der Waals surface area contributed by atoms with E-state index in [1.165, 1.54) is 0 Å². The van der Waals surface area contributed by atoms with Gasteiger partial charge < -0.3 is 14.3 Å². The van der Waals surface area contributed by atoms with Gasteiger partial charge >= 0.3 is 0 Å². The normalized spacial score (nSPS) is 13.9. The van der Waals surface area contributed by atoms with Crippen LogP contribution in [0.1, 0.15) is 49.1 Å². The Labute approximate surface area is 143 Å². The highest BCUT2D eigenvalue weighted by Crippen LogP contribution is 2.38. The topological polar surface area (TPSA) is 123 Å². The number of hydrogen-bond acceptors (Lipinski definition) is 7. The van der Waals surface area contributed by atoms with Crippen LogP contribution in [-0.4, -0.2) is 31.2 Å². The number of hydrogen-bond donors (Lipinski definition) is 2. The number of amides is 1. The highest BCUT2D eigenvalue weighted by molar-refractivity contribution is 5.75. The quantitative estimate of drug-likeness (QED) is 0.641. The second kappa shape index (κ2) is 6.88. The Morgan fingerprint density at radius 3 is 3.08 bits per heavy atom. The molecule has 1 fully saturated rings. The van der Waals surface area contributed by atoms with Crippen LogP contribution < -0.4 is 5.32 Å². The second-order valence-corrected chi connectivity index (χ2v) is 6.03. The first-order chi connectivity index (χ1) is 12.3. The van der Waals surface area contributed by atoms with E-state index >= 15 is 0 Å². The smallest absolute Gasteiger partial charge is 0.226 e. The summed E-state index contributed by atoms with van der Waals surface area (Å²) in [5.41, 5.74) is 0. The lowest BCUT2D eigenvalue weighted by Crippen LogP contribution is -2.23. The number of rotatable bonds is 8. The fourth-order valence-corrected chi connectivity index (χ4v) is 2.44. The molecule has 1 aliphatic rings. The van der Waals surface area contributed by atoms with Gasteiger partial charge in [-0.05, 0) is 31.4 Å². The van der Waals surface area contributed by atoms with E-state index in [0.717, 1.165) is 18.7 Å². The van der Waals surface area contributed by atoms with Gasteiger partial charge in [-0.25, -0.2) is 4.98 Å². The number of aromatic amines is 1. The molecule has 3 heterocycles. The summed E-state index contributed by atoms with van der Waals surface area (Å²) in [4.78, 5) is 20.5. The van der Waals surface area contributed by atoms with Gasteiger partial charge in [-0.2, -0.15) is 4.98 Å². The van der Waals surface area contributed by atoms with E-state index in [0.29, 0.717) is 55.0 Å². The zero-order chi connectivity index (χ0) is 17.1. The van der Waals surface area contributed by atoms with Gasteiger partial charge in [0.15, 0.2) is 11.6 Å². The van der Waals surface area contributed by atoms with Crippen molar-refractivity contribution in [1.29, 1.82) is 0 Å². The van der Waals surface area contributed by atoms with Crippen LogP contribution in [0.2, 0.25) is 0 Å². The summed E-state index contributed by atoms with van der Waals surface area (Å²) >= 11 is 0. The third-order valence-electron chi connectivity index (χ3n) is 3.95. The summed E-state index contributed by atoms with van der Waals surface area (Å²) in [5, 5.41) is 13.6. The number of aryl methyl sites for hydroxylation is 1. The van der Waals surface area contributed by atoms with Crippen LogP contribution in [0.15, 0.2) is 27.3 Å². The average Bonchev–Trinajstić information content (AvgIpc) is 3.06. The van der Waals surface area contributed by atoms with Gasteiger partial charge in [0, 0.05) is 18.8 Å². The average molecular weight is 342 g/mol. The minimum Gasteiger partial charge on any atom is -0.461 e. The number of aromatic nitrogens is 5. The standard InChI is InChI=1S/C16H18N6O3/c23-13(4-1-5-14-19-15(22-25-14)10-6-7-10)17-9-12-18-16(21-20-12)11-3-2-8-24-11/h2-3,8,10H,1,4-7,9H2,(H,17,23)(H,18,20,21). The Morgan fingerprint density at radius 2 is 2.28 bits per heavy atom. The van der Waals surface area contributed by atoms with Crippen molar-refractivity contribution in [3.8, 4) is 11.6 Å². The molecular formula is C16H18N6O3. The summed E-state index contributed by atoms with van der Waals surface area (Å²) in [7, 11) is 0. The number of nitrogens with zero attached hydrogens (tertiary/aromatic N) is 4. The Morgan fingerprint density at radius 1 is 1.36 bits per heavy atom. The largest absolute Gasteiger partial charge is 0.461 e. The maximum absolute atomic E-state index is 11.9. The molecule has 0 aromatic carbocycles. The highest BCUT2D eigenvalue weighted by atomic mass is 16.5. The summed E-state index contributed by atoms with van der Waals surface area (Å²) in [6.07, 6.45) is 5.50. The lowest BCUT2D eigenvalue weighted by Gasteiger charge is -2.01. The van der Waals surface area contributed by atoms with Crippen molar-refractivity contribution in [2.24, 2.45) is 0 Å². The maximum Gasteiger partial charge on any atom is 0.226 e. The van der Waals surface area contributed by atoms with E-state index in [2.05, 4.69) is 30.6 Å². The number of H-pyrrole nitrogens is 1. The highest BCUT2D eigenvalue weighted by Gasteiger charge is 2.28. The van der Waals surface area contributed by atoms with E-state index in [9.17, 15) is 4.79 Å². The molecule has 25 heavy (non-hydrogen) atoms. The van der Waals surface area contributed by atoms with E-state index in [1.54, 1.807) is 18.4 Å². The van der Waals surface area contributed by atoms with Crippen LogP contribution in [-0.2, 0) is 17.8 Å². The Bertz CT molecular complexity index is 834. The fraction of sp³-hybridized carbons (Fsp3) is 0.438. The molecule has 0 aliphatic heterocycles. The van der Waals surface area contributed by atoms with Gasteiger partial charge in [0.05, 0.1) is 12.8 Å². The van der Waals surface area contributed by atoms with Crippen LogP contribution in [0.5, 0.6) is 0 Å². The molecular weight excluding hydrogens is 324 g/mol. The molecule has 130 valence electrons. The molecule has 2 N–H and O–H groups in total. The number of carbonyl (C=O) groups is 1. The second-order valence-electron chi connectivity index (χ2n) is 6.03. The molecule has 3 aromatic rings. The molecule has 1 amide bonds. The molecule has 1 aliphatic carbocycles. The van der Waals surface area contributed by atoms with Crippen molar-refractivity contribution in [3.63, 3.8) is 0 Å². The maximum atomic E-state index is 11.9. The molecule has 0 bridgehead atoms. The van der Waals surface area contributed by atoms with Crippen LogP contribution in [0.3, 0.4) is 0 Å². The molecule has 1 saturated carbocycles. The third-order valence-corrected chi connectivity index (χ3v) is 3.95. The van der Waals surface area contributed by atoms with Gasteiger partial charge in [-0.15, -0.1) is 5.10 Å². The fourth-order valence-electron chi connectivity index (χ4n) is 2.44. The number of furan rings is 1. The van der Waals surface area contributed by atoms with E-state index in [1.807, 2.05) is 0 Å².